The fourth-order valence-electron chi connectivity index (χ4n) is 3.58. The summed E-state index contributed by atoms with van der Waals surface area (Å²) in [5.74, 6) is 0.481. The molecule has 0 saturated carbocycles. The summed E-state index contributed by atoms with van der Waals surface area (Å²) in [6, 6.07) is 8.96. The molecule has 1 aromatic carbocycles. The maximum absolute atomic E-state index is 12.8. The summed E-state index contributed by atoms with van der Waals surface area (Å²) in [7, 11) is 1.58. The van der Waals surface area contributed by atoms with Crippen molar-refractivity contribution in [3.63, 3.8) is 0 Å². The maximum atomic E-state index is 12.8. The third-order valence-electron chi connectivity index (χ3n) is 5.10. The van der Waals surface area contributed by atoms with Crippen molar-refractivity contribution in [1.82, 2.24) is 4.57 Å². The zero-order valence-corrected chi connectivity index (χ0v) is 17.7. The number of Topliss-reactive ketones (excluding diaryl/α,β-unsaturated/α-hetero) is 1. The smallest absolute Gasteiger partial charge is 0.254 e. The van der Waals surface area contributed by atoms with Gasteiger partial charge in [-0.05, 0) is 67.2 Å². The predicted octanol–water partition coefficient (Wildman–Crippen LogP) is 4.08. The Labute approximate surface area is 175 Å². The molecule has 3 rings (SSSR count). The summed E-state index contributed by atoms with van der Waals surface area (Å²) in [6.07, 6.45) is 2.56. The zero-order chi connectivity index (χ0) is 21.3. The number of nitrogens with zero attached hydrogens (tertiary/aromatic N) is 2. The standard InChI is InChI=1S/C23H23ClN2O3/c1-13(2)29-22-11-17-10-21(27)19(8-16(17)9-20(22)24)14(3)7-15-5-6-18(12-25)26(4)23(15)28/h5-6,8-9,11,13-14H,7,10H2,1-4H3/t14-/m1/s1. The number of hydrogen-bond acceptors (Lipinski definition) is 4. The Balaban J connectivity index is 1.91. The molecule has 0 fully saturated rings. The molecule has 29 heavy (non-hydrogen) atoms. The van der Waals surface area contributed by atoms with Crippen molar-refractivity contribution < 1.29 is 9.53 Å². The van der Waals surface area contributed by atoms with Crippen molar-refractivity contribution in [3.8, 4) is 11.8 Å². The molecule has 0 saturated heterocycles. The van der Waals surface area contributed by atoms with Crippen LogP contribution in [-0.2, 0) is 24.7 Å². The summed E-state index contributed by atoms with van der Waals surface area (Å²) in [5.41, 5.74) is 3.15. The number of carbonyl (C=O) groups is 1. The molecule has 0 N–H and O–H groups in total. The number of fused-ring (bicyclic) bond motifs is 1. The van der Waals surface area contributed by atoms with Gasteiger partial charge >= 0.3 is 0 Å². The van der Waals surface area contributed by atoms with Crippen LogP contribution >= 0.6 is 11.6 Å². The number of halogens is 1. The molecule has 0 bridgehead atoms. The van der Waals surface area contributed by atoms with Gasteiger partial charge in [-0.3, -0.25) is 9.59 Å². The molecule has 1 aromatic heterocycles. The quantitative estimate of drug-likeness (QED) is 0.744. The van der Waals surface area contributed by atoms with Gasteiger partial charge in [0.25, 0.3) is 5.56 Å². The average molecular weight is 411 g/mol. The van der Waals surface area contributed by atoms with Crippen molar-refractivity contribution in [1.29, 1.82) is 5.26 Å². The van der Waals surface area contributed by atoms with E-state index in [0.29, 0.717) is 34.0 Å². The van der Waals surface area contributed by atoms with Crippen molar-refractivity contribution in [2.45, 2.75) is 39.7 Å². The molecule has 0 amide bonds. The lowest BCUT2D eigenvalue weighted by Crippen LogP contribution is -2.26. The van der Waals surface area contributed by atoms with Crippen LogP contribution in [0.3, 0.4) is 0 Å². The third-order valence-corrected chi connectivity index (χ3v) is 5.39. The number of nitriles is 1. The second-order valence-corrected chi connectivity index (χ2v) is 8.08. The number of pyridine rings is 1. The molecule has 2 aromatic rings. The van der Waals surface area contributed by atoms with E-state index in [-0.39, 0.29) is 29.8 Å². The number of ketones is 1. The first-order valence-electron chi connectivity index (χ1n) is 9.54. The highest BCUT2D eigenvalue weighted by Gasteiger charge is 2.25. The van der Waals surface area contributed by atoms with Crippen LogP contribution in [0.4, 0.5) is 0 Å². The van der Waals surface area contributed by atoms with Crippen molar-refractivity contribution in [2.24, 2.45) is 13.0 Å². The number of carbonyl (C=O) groups excluding carboxylic acids is 1. The molecule has 1 aliphatic rings. The largest absolute Gasteiger partial charge is 0.489 e. The van der Waals surface area contributed by atoms with E-state index in [4.69, 9.17) is 21.6 Å². The zero-order valence-electron chi connectivity index (χ0n) is 17.0. The molecule has 6 heteroatoms. The van der Waals surface area contributed by atoms with Gasteiger partial charge in [-0.2, -0.15) is 5.26 Å². The van der Waals surface area contributed by atoms with Crippen LogP contribution in [0.2, 0.25) is 5.02 Å². The summed E-state index contributed by atoms with van der Waals surface area (Å²) >= 11 is 6.36. The Morgan fingerprint density at radius 1 is 1.24 bits per heavy atom. The molecule has 1 heterocycles. The molecule has 0 radical (unpaired) electrons. The molecule has 5 nitrogen and oxygen atoms in total. The molecular formula is C23H23ClN2O3. The minimum atomic E-state index is -0.210. The molecule has 1 aliphatic carbocycles. The first kappa shape index (κ1) is 20.9. The van der Waals surface area contributed by atoms with E-state index < -0.39 is 0 Å². The maximum Gasteiger partial charge on any atom is 0.254 e. The number of allylic oxidation sites excluding steroid dienone is 1. The van der Waals surface area contributed by atoms with Crippen LogP contribution in [0.15, 0.2) is 34.6 Å². The van der Waals surface area contributed by atoms with Gasteiger partial charge in [0.15, 0.2) is 5.78 Å². The van der Waals surface area contributed by atoms with Gasteiger partial charge in [0.05, 0.1) is 11.1 Å². The Kier molecular flexibility index (Phi) is 5.95. The number of benzene rings is 1. The number of hydrogen-bond donors (Lipinski definition) is 0. The van der Waals surface area contributed by atoms with E-state index in [2.05, 4.69) is 0 Å². The van der Waals surface area contributed by atoms with Gasteiger partial charge in [0.2, 0.25) is 0 Å². The SMILES string of the molecule is CC(C)Oc1cc2c(cc1Cl)C=C([C@H](C)Cc1ccc(C#N)n(C)c1=O)C(=O)C2. The number of rotatable bonds is 5. The topological polar surface area (TPSA) is 72.1 Å². The average Bonchev–Trinajstić information content (AvgIpc) is 2.66. The van der Waals surface area contributed by atoms with Gasteiger partial charge in [-0.25, -0.2) is 0 Å². The summed E-state index contributed by atoms with van der Waals surface area (Å²) in [4.78, 5) is 25.3. The molecule has 0 spiro atoms. The fraction of sp³-hybridized carbons (Fsp3) is 0.348. The second-order valence-electron chi connectivity index (χ2n) is 7.67. The van der Waals surface area contributed by atoms with Crippen molar-refractivity contribution in [3.05, 3.63) is 67.6 Å². The Bertz CT molecular complexity index is 1110. The molecule has 0 aliphatic heterocycles. The number of aromatic nitrogens is 1. The summed E-state index contributed by atoms with van der Waals surface area (Å²) in [5, 5.41) is 9.56. The second kappa shape index (κ2) is 8.26. The van der Waals surface area contributed by atoms with Crippen LogP contribution in [0.25, 0.3) is 6.08 Å². The van der Waals surface area contributed by atoms with Gasteiger partial charge in [-0.15, -0.1) is 0 Å². The lowest BCUT2D eigenvalue weighted by atomic mass is 9.83. The van der Waals surface area contributed by atoms with Gasteiger partial charge < -0.3 is 9.30 Å². The van der Waals surface area contributed by atoms with Crippen LogP contribution in [0.5, 0.6) is 5.75 Å². The van der Waals surface area contributed by atoms with Gasteiger partial charge in [0, 0.05) is 19.0 Å². The van der Waals surface area contributed by atoms with Crippen LogP contribution < -0.4 is 10.3 Å². The summed E-state index contributed by atoms with van der Waals surface area (Å²) < 4.78 is 7.06. The normalized spacial score (nSPS) is 14.2. The van der Waals surface area contributed by atoms with Gasteiger partial charge in [-0.1, -0.05) is 24.6 Å². The first-order valence-corrected chi connectivity index (χ1v) is 9.92. The van der Waals surface area contributed by atoms with E-state index in [0.717, 1.165) is 11.1 Å². The Morgan fingerprint density at radius 2 is 1.97 bits per heavy atom. The fourth-order valence-corrected chi connectivity index (χ4v) is 3.79. The monoisotopic (exact) mass is 410 g/mol. The minimum absolute atomic E-state index is 0.00833. The lowest BCUT2D eigenvalue weighted by molar-refractivity contribution is -0.115. The molecular weight excluding hydrogens is 388 g/mol. The van der Waals surface area contributed by atoms with Crippen LogP contribution in [0.1, 0.15) is 43.2 Å². The van der Waals surface area contributed by atoms with Crippen LogP contribution in [-0.4, -0.2) is 16.5 Å². The third kappa shape index (κ3) is 4.28. The van der Waals surface area contributed by atoms with E-state index in [1.54, 1.807) is 19.2 Å². The van der Waals surface area contributed by atoms with E-state index in [9.17, 15) is 9.59 Å². The van der Waals surface area contributed by atoms with E-state index in [1.165, 1.54) is 4.57 Å². The summed E-state index contributed by atoms with van der Waals surface area (Å²) in [6.45, 7) is 5.78. The highest BCUT2D eigenvalue weighted by atomic mass is 35.5. The Morgan fingerprint density at radius 3 is 2.62 bits per heavy atom. The Hall–Kier alpha value is -2.84. The molecule has 1 atom stereocenters. The van der Waals surface area contributed by atoms with E-state index >= 15 is 0 Å². The highest BCUT2D eigenvalue weighted by molar-refractivity contribution is 6.32. The lowest BCUT2D eigenvalue weighted by Gasteiger charge is -2.22. The number of ether oxygens (including phenoxy) is 1. The van der Waals surface area contributed by atoms with Crippen molar-refractivity contribution in [2.75, 3.05) is 0 Å². The predicted molar refractivity (Wildman–Crippen MR) is 113 cm³/mol. The molecule has 150 valence electrons. The van der Waals surface area contributed by atoms with Crippen LogP contribution in [0, 0.1) is 17.2 Å². The molecule has 0 unspecified atom stereocenters. The first-order chi connectivity index (χ1) is 13.7. The van der Waals surface area contributed by atoms with Gasteiger partial charge in [0.1, 0.15) is 17.5 Å². The van der Waals surface area contributed by atoms with E-state index in [1.807, 2.05) is 45.0 Å². The minimum Gasteiger partial charge on any atom is -0.489 e. The van der Waals surface area contributed by atoms with Crippen molar-refractivity contribution >= 4 is 23.5 Å². The highest BCUT2D eigenvalue weighted by Crippen LogP contribution is 2.35.